The van der Waals surface area contributed by atoms with Crippen LogP contribution < -0.4 is 10.6 Å². The topological polar surface area (TPSA) is 59.0 Å². The van der Waals surface area contributed by atoms with Crippen LogP contribution in [0.2, 0.25) is 0 Å². The minimum Gasteiger partial charge on any atom is -0.354 e. The summed E-state index contributed by atoms with van der Waals surface area (Å²) in [5.41, 5.74) is 3.15. The molecular weight excluding hydrogens is 307 g/mol. The zero-order valence-corrected chi connectivity index (χ0v) is 13.6. The number of anilines is 1. The predicted octanol–water partition coefficient (Wildman–Crippen LogP) is 2.86. The number of aryl methyl sites for hydroxylation is 2. The molecule has 3 aromatic rings. The number of aromatic nitrogens is 2. The minimum atomic E-state index is -0.289. The summed E-state index contributed by atoms with van der Waals surface area (Å²) in [7, 11) is 1.82. The summed E-state index contributed by atoms with van der Waals surface area (Å²) >= 11 is 0. The second kappa shape index (κ2) is 6.70. The summed E-state index contributed by atoms with van der Waals surface area (Å²) in [6.45, 7) is 2.94. The molecule has 0 aliphatic heterocycles. The SMILES string of the molecule is Cc1cccc(C(=O)NCCNc2nc3ccc(F)cc3n2C)c1. The molecule has 0 aliphatic carbocycles. The number of nitrogens with zero attached hydrogens (tertiary/aromatic N) is 2. The Labute approximate surface area is 139 Å². The van der Waals surface area contributed by atoms with Gasteiger partial charge in [0.05, 0.1) is 11.0 Å². The number of benzene rings is 2. The summed E-state index contributed by atoms with van der Waals surface area (Å²) in [5, 5.41) is 6.02. The van der Waals surface area contributed by atoms with Gasteiger partial charge < -0.3 is 15.2 Å². The van der Waals surface area contributed by atoms with Gasteiger partial charge in [0.15, 0.2) is 0 Å². The van der Waals surface area contributed by atoms with E-state index < -0.39 is 0 Å². The average molecular weight is 326 g/mol. The molecule has 5 nitrogen and oxygen atoms in total. The highest BCUT2D eigenvalue weighted by Gasteiger charge is 2.08. The zero-order chi connectivity index (χ0) is 17.1. The number of rotatable bonds is 5. The summed E-state index contributed by atoms with van der Waals surface area (Å²) in [6, 6.07) is 11.9. The fourth-order valence-electron chi connectivity index (χ4n) is 2.56. The van der Waals surface area contributed by atoms with Crippen LogP contribution in [0.3, 0.4) is 0 Å². The van der Waals surface area contributed by atoms with Crippen molar-refractivity contribution in [3.8, 4) is 0 Å². The molecule has 1 amide bonds. The van der Waals surface area contributed by atoms with Crippen molar-refractivity contribution in [1.82, 2.24) is 14.9 Å². The first kappa shape index (κ1) is 16.0. The standard InChI is InChI=1S/C18H19FN4O/c1-12-4-3-5-13(10-12)17(24)20-8-9-21-18-22-15-7-6-14(19)11-16(15)23(18)2/h3-7,10-11H,8-9H2,1-2H3,(H,20,24)(H,21,22). The second-order valence-electron chi connectivity index (χ2n) is 5.68. The third-order valence-electron chi connectivity index (χ3n) is 3.82. The Morgan fingerprint density at radius 2 is 2.04 bits per heavy atom. The highest BCUT2D eigenvalue weighted by Crippen LogP contribution is 2.18. The van der Waals surface area contributed by atoms with Crippen LogP contribution in [0.25, 0.3) is 11.0 Å². The maximum absolute atomic E-state index is 13.3. The van der Waals surface area contributed by atoms with Crippen LogP contribution in [0.5, 0.6) is 0 Å². The van der Waals surface area contributed by atoms with Crippen LogP contribution >= 0.6 is 0 Å². The minimum absolute atomic E-state index is 0.104. The molecule has 2 N–H and O–H groups in total. The van der Waals surface area contributed by atoms with Crippen molar-refractivity contribution in [2.24, 2.45) is 7.05 Å². The Morgan fingerprint density at radius 3 is 2.83 bits per heavy atom. The van der Waals surface area contributed by atoms with Crippen molar-refractivity contribution < 1.29 is 9.18 Å². The van der Waals surface area contributed by atoms with Gasteiger partial charge in [0, 0.05) is 25.7 Å². The second-order valence-corrected chi connectivity index (χ2v) is 5.68. The van der Waals surface area contributed by atoms with E-state index in [0.717, 1.165) is 16.6 Å². The van der Waals surface area contributed by atoms with E-state index in [1.54, 1.807) is 16.7 Å². The highest BCUT2D eigenvalue weighted by atomic mass is 19.1. The third kappa shape index (κ3) is 3.37. The monoisotopic (exact) mass is 326 g/mol. The quantitative estimate of drug-likeness (QED) is 0.709. The Hall–Kier alpha value is -2.89. The molecule has 124 valence electrons. The van der Waals surface area contributed by atoms with Gasteiger partial charge in [-0.1, -0.05) is 17.7 Å². The summed E-state index contributed by atoms with van der Waals surface area (Å²) in [4.78, 5) is 16.5. The van der Waals surface area contributed by atoms with Crippen molar-refractivity contribution in [3.63, 3.8) is 0 Å². The average Bonchev–Trinajstić information content (AvgIpc) is 2.87. The lowest BCUT2D eigenvalue weighted by Crippen LogP contribution is -2.29. The van der Waals surface area contributed by atoms with Crippen LogP contribution in [-0.2, 0) is 7.05 Å². The number of halogens is 1. The summed E-state index contributed by atoms with van der Waals surface area (Å²) < 4.78 is 15.1. The fourth-order valence-corrected chi connectivity index (χ4v) is 2.56. The Balaban J connectivity index is 1.57. The lowest BCUT2D eigenvalue weighted by atomic mass is 10.1. The van der Waals surface area contributed by atoms with E-state index in [-0.39, 0.29) is 11.7 Å². The number of hydrogen-bond donors (Lipinski definition) is 2. The molecule has 0 radical (unpaired) electrons. The summed E-state index contributed by atoms with van der Waals surface area (Å²) in [6.07, 6.45) is 0. The van der Waals surface area contributed by atoms with Crippen molar-refractivity contribution in [2.75, 3.05) is 18.4 Å². The molecule has 0 spiro atoms. The van der Waals surface area contributed by atoms with Crippen LogP contribution in [0.1, 0.15) is 15.9 Å². The Kier molecular flexibility index (Phi) is 4.46. The van der Waals surface area contributed by atoms with Crippen LogP contribution in [0.4, 0.5) is 10.3 Å². The lowest BCUT2D eigenvalue weighted by Gasteiger charge is -2.08. The van der Waals surface area contributed by atoms with Gasteiger partial charge in [-0.25, -0.2) is 9.37 Å². The molecule has 2 aromatic carbocycles. The van der Waals surface area contributed by atoms with Crippen molar-refractivity contribution in [2.45, 2.75) is 6.92 Å². The smallest absolute Gasteiger partial charge is 0.251 e. The molecule has 0 fully saturated rings. The zero-order valence-electron chi connectivity index (χ0n) is 13.6. The molecule has 0 unspecified atom stereocenters. The maximum atomic E-state index is 13.3. The van der Waals surface area contributed by atoms with Gasteiger partial charge in [-0.15, -0.1) is 0 Å². The predicted molar refractivity (Wildman–Crippen MR) is 92.7 cm³/mol. The van der Waals surface area contributed by atoms with Crippen molar-refractivity contribution in [3.05, 3.63) is 59.4 Å². The van der Waals surface area contributed by atoms with Gasteiger partial charge in [0.1, 0.15) is 5.82 Å². The number of hydrogen-bond acceptors (Lipinski definition) is 3. The van der Waals surface area contributed by atoms with Gasteiger partial charge in [-0.3, -0.25) is 4.79 Å². The van der Waals surface area contributed by atoms with E-state index in [2.05, 4.69) is 15.6 Å². The first-order chi connectivity index (χ1) is 11.5. The molecular formula is C18H19FN4O. The molecule has 6 heteroatoms. The van der Waals surface area contributed by atoms with Crippen LogP contribution in [0.15, 0.2) is 42.5 Å². The largest absolute Gasteiger partial charge is 0.354 e. The van der Waals surface area contributed by atoms with Gasteiger partial charge >= 0.3 is 0 Å². The molecule has 3 rings (SSSR count). The van der Waals surface area contributed by atoms with Gasteiger partial charge in [0.25, 0.3) is 5.91 Å². The fraction of sp³-hybridized carbons (Fsp3) is 0.222. The molecule has 0 saturated heterocycles. The van der Waals surface area contributed by atoms with E-state index in [1.807, 2.05) is 32.2 Å². The third-order valence-corrected chi connectivity index (χ3v) is 3.82. The molecule has 0 aliphatic rings. The molecule has 0 atom stereocenters. The maximum Gasteiger partial charge on any atom is 0.251 e. The van der Waals surface area contributed by atoms with Gasteiger partial charge in [0.2, 0.25) is 5.95 Å². The molecule has 24 heavy (non-hydrogen) atoms. The molecule has 1 heterocycles. The number of nitrogens with one attached hydrogen (secondary N) is 2. The lowest BCUT2D eigenvalue weighted by molar-refractivity contribution is 0.0955. The number of fused-ring (bicyclic) bond motifs is 1. The van der Waals surface area contributed by atoms with Crippen LogP contribution in [0, 0.1) is 12.7 Å². The summed E-state index contributed by atoms with van der Waals surface area (Å²) in [5.74, 6) is 0.246. The number of carbonyl (C=O) groups excluding carboxylic acids is 1. The van der Waals surface area contributed by atoms with Gasteiger partial charge in [-0.05, 0) is 37.3 Å². The van der Waals surface area contributed by atoms with Crippen LogP contribution in [-0.4, -0.2) is 28.5 Å². The normalized spacial score (nSPS) is 10.8. The first-order valence-corrected chi connectivity index (χ1v) is 7.75. The van der Waals surface area contributed by atoms with E-state index in [0.29, 0.717) is 24.6 Å². The Morgan fingerprint density at radius 1 is 1.21 bits per heavy atom. The van der Waals surface area contributed by atoms with E-state index in [1.165, 1.54) is 12.1 Å². The van der Waals surface area contributed by atoms with E-state index >= 15 is 0 Å². The van der Waals surface area contributed by atoms with E-state index in [4.69, 9.17) is 0 Å². The van der Waals surface area contributed by atoms with E-state index in [9.17, 15) is 9.18 Å². The van der Waals surface area contributed by atoms with Crippen molar-refractivity contribution in [1.29, 1.82) is 0 Å². The highest BCUT2D eigenvalue weighted by molar-refractivity contribution is 5.94. The van der Waals surface area contributed by atoms with Gasteiger partial charge in [-0.2, -0.15) is 0 Å². The molecule has 1 aromatic heterocycles. The molecule has 0 saturated carbocycles. The number of amides is 1. The van der Waals surface area contributed by atoms with Crippen molar-refractivity contribution >= 4 is 22.9 Å². The Bertz CT molecular complexity index is 888. The number of carbonyl (C=O) groups is 1. The number of imidazole rings is 1. The molecule has 0 bridgehead atoms. The first-order valence-electron chi connectivity index (χ1n) is 7.75.